The molecule has 1 atom stereocenters. The van der Waals surface area contributed by atoms with E-state index in [9.17, 15) is 9.90 Å². The molecule has 0 bridgehead atoms. The van der Waals surface area contributed by atoms with Gasteiger partial charge in [-0.15, -0.1) is 0 Å². The van der Waals surface area contributed by atoms with Crippen LogP contribution in [0.5, 0.6) is 17.2 Å². The molecule has 1 saturated heterocycles. The highest BCUT2D eigenvalue weighted by Crippen LogP contribution is 2.29. The van der Waals surface area contributed by atoms with E-state index in [1.807, 2.05) is 17.2 Å². The average molecular weight is 407 g/mol. The highest BCUT2D eigenvalue weighted by molar-refractivity contribution is 6.30. The lowest BCUT2D eigenvalue weighted by Gasteiger charge is -2.16. The van der Waals surface area contributed by atoms with E-state index in [-0.39, 0.29) is 17.8 Å². The summed E-state index contributed by atoms with van der Waals surface area (Å²) >= 11 is 5.87. The third kappa shape index (κ3) is 6.02. The Morgan fingerprint density at radius 1 is 1.32 bits per heavy atom. The number of nitrogens with one attached hydrogen (secondary N) is 1. The van der Waals surface area contributed by atoms with Crippen molar-refractivity contribution in [2.75, 3.05) is 31.6 Å². The van der Waals surface area contributed by atoms with Crippen LogP contribution >= 0.6 is 11.6 Å². The summed E-state index contributed by atoms with van der Waals surface area (Å²) in [5.74, 6) is 1.07. The van der Waals surface area contributed by atoms with Gasteiger partial charge in [-0.1, -0.05) is 11.6 Å². The summed E-state index contributed by atoms with van der Waals surface area (Å²) in [6, 6.07) is 11.8. The highest BCUT2D eigenvalue weighted by atomic mass is 35.5. The Hall–Kier alpha value is -2.48. The maximum absolute atomic E-state index is 11.3. The molecule has 0 aliphatic carbocycles. The number of phenolic OH excluding ortho intramolecular Hbond substituents is 1. The molecule has 28 heavy (non-hydrogen) atoms. The summed E-state index contributed by atoms with van der Waals surface area (Å²) in [5.41, 5.74) is 0.527. The lowest BCUT2D eigenvalue weighted by molar-refractivity contribution is -0.114. The molecule has 0 radical (unpaired) electrons. The van der Waals surface area contributed by atoms with Crippen LogP contribution in [0.2, 0.25) is 5.02 Å². The van der Waals surface area contributed by atoms with Crippen LogP contribution in [0.15, 0.2) is 42.5 Å². The van der Waals surface area contributed by atoms with Gasteiger partial charge in [0, 0.05) is 24.6 Å². The van der Waals surface area contributed by atoms with E-state index in [4.69, 9.17) is 25.9 Å². The minimum absolute atomic E-state index is 0.0421. The quantitative estimate of drug-likeness (QED) is 0.516. The van der Waals surface area contributed by atoms with Crippen molar-refractivity contribution in [1.29, 1.82) is 0 Å². The molecule has 0 unspecified atom stereocenters. The van der Waals surface area contributed by atoms with Gasteiger partial charge in [0.1, 0.15) is 30.0 Å². The van der Waals surface area contributed by atoms with Gasteiger partial charge in [0.25, 0.3) is 0 Å². The summed E-state index contributed by atoms with van der Waals surface area (Å²) in [6.07, 6.45) is 0.669. The molecule has 0 saturated carbocycles. The number of aromatic hydroxyl groups is 1. The molecule has 7 nitrogen and oxygen atoms in total. The minimum atomic E-state index is -0.201. The number of nitrogens with zero attached hydrogens (tertiary/aromatic N) is 1. The van der Waals surface area contributed by atoms with Crippen molar-refractivity contribution in [2.24, 2.45) is 0 Å². The molecule has 1 heterocycles. The number of anilines is 1. The molecule has 2 aromatic rings. The topological polar surface area (TPSA) is 80.3 Å². The minimum Gasteiger partial charge on any atom is -0.508 e. The molecule has 2 N–H and O–H groups in total. The third-order valence-electron chi connectivity index (χ3n) is 4.05. The van der Waals surface area contributed by atoms with Crippen molar-refractivity contribution in [3.8, 4) is 17.2 Å². The highest BCUT2D eigenvalue weighted by Gasteiger charge is 2.24. The monoisotopic (exact) mass is 406 g/mol. The molecule has 0 spiro atoms. The second kappa shape index (κ2) is 9.64. The number of ether oxygens (including phenoxy) is 2. The number of hydrogen-bond acceptors (Lipinski definition) is 6. The Bertz CT molecular complexity index is 800. The molecule has 1 amide bonds. The maximum Gasteiger partial charge on any atom is 0.221 e. The summed E-state index contributed by atoms with van der Waals surface area (Å²) in [4.78, 5) is 16.9. The number of carbonyl (C=O) groups excluding carboxylic acids is 1. The summed E-state index contributed by atoms with van der Waals surface area (Å²) < 4.78 is 11.6. The molecule has 1 aliphatic rings. The van der Waals surface area contributed by atoms with E-state index in [0.717, 1.165) is 5.75 Å². The molecule has 8 heteroatoms. The fourth-order valence-electron chi connectivity index (χ4n) is 2.80. The van der Waals surface area contributed by atoms with Crippen LogP contribution in [0.3, 0.4) is 0 Å². The average Bonchev–Trinajstić information content (AvgIpc) is 3.10. The van der Waals surface area contributed by atoms with Gasteiger partial charge in [0.05, 0.1) is 18.8 Å². The maximum atomic E-state index is 11.3. The van der Waals surface area contributed by atoms with Gasteiger partial charge >= 0.3 is 0 Å². The van der Waals surface area contributed by atoms with Gasteiger partial charge in [0.15, 0.2) is 0 Å². The van der Waals surface area contributed by atoms with Crippen molar-refractivity contribution < 1.29 is 24.2 Å². The van der Waals surface area contributed by atoms with Crippen molar-refractivity contribution in [3.05, 3.63) is 47.5 Å². The Labute approximate surface area is 168 Å². The van der Waals surface area contributed by atoms with Crippen molar-refractivity contribution in [1.82, 2.24) is 5.06 Å². The Morgan fingerprint density at radius 3 is 2.86 bits per heavy atom. The first-order valence-electron chi connectivity index (χ1n) is 9.03. The number of benzene rings is 2. The predicted octanol–water partition coefficient (Wildman–Crippen LogP) is 3.47. The first kappa shape index (κ1) is 20.3. The van der Waals surface area contributed by atoms with Crippen molar-refractivity contribution >= 4 is 23.2 Å². The van der Waals surface area contributed by atoms with Gasteiger partial charge in [-0.2, -0.15) is 5.06 Å². The Kier molecular flexibility index (Phi) is 6.97. The zero-order valence-electron chi connectivity index (χ0n) is 15.6. The van der Waals surface area contributed by atoms with E-state index in [1.165, 1.54) is 19.1 Å². The summed E-state index contributed by atoms with van der Waals surface area (Å²) in [6.45, 7) is 3.66. The molecular formula is C20H23ClN2O5. The van der Waals surface area contributed by atoms with Crippen LogP contribution in [0.1, 0.15) is 13.3 Å². The predicted molar refractivity (Wildman–Crippen MR) is 106 cm³/mol. The number of phenols is 1. The van der Waals surface area contributed by atoms with Gasteiger partial charge in [0.2, 0.25) is 5.91 Å². The van der Waals surface area contributed by atoms with Crippen LogP contribution in [0.25, 0.3) is 0 Å². The summed E-state index contributed by atoms with van der Waals surface area (Å²) in [7, 11) is 0. The second-order valence-electron chi connectivity index (χ2n) is 6.44. The lowest BCUT2D eigenvalue weighted by atomic mass is 10.2. The molecule has 2 aromatic carbocycles. The normalized spacial score (nSPS) is 16.7. The first-order chi connectivity index (χ1) is 13.5. The van der Waals surface area contributed by atoms with Crippen molar-refractivity contribution in [2.45, 2.75) is 19.4 Å². The van der Waals surface area contributed by atoms with E-state index < -0.39 is 0 Å². The van der Waals surface area contributed by atoms with Gasteiger partial charge in [-0.25, -0.2) is 0 Å². The number of hydrogen-bond donors (Lipinski definition) is 2. The standard InChI is InChI=1S/C20H23ClN2O5/c1-14(24)22-19-8-5-16(25)11-20(19)26-10-2-9-23-12-18(13-27-23)28-17-6-3-15(21)4-7-17/h3-8,11,18,25H,2,9-10,12-13H2,1H3,(H,22,24)/t18-/m0/s1. The zero-order chi connectivity index (χ0) is 19.9. The van der Waals surface area contributed by atoms with Crippen LogP contribution in [0.4, 0.5) is 5.69 Å². The number of halogens is 1. The van der Waals surface area contributed by atoms with E-state index in [2.05, 4.69) is 5.32 Å². The van der Waals surface area contributed by atoms with Gasteiger partial charge in [-0.05, 0) is 42.8 Å². The van der Waals surface area contributed by atoms with Crippen molar-refractivity contribution in [3.63, 3.8) is 0 Å². The smallest absolute Gasteiger partial charge is 0.221 e. The van der Waals surface area contributed by atoms with Crippen LogP contribution in [0, 0.1) is 0 Å². The number of carbonyl (C=O) groups is 1. The third-order valence-corrected chi connectivity index (χ3v) is 4.30. The molecule has 0 aromatic heterocycles. The second-order valence-corrected chi connectivity index (χ2v) is 6.88. The number of hydroxylamine groups is 2. The number of amides is 1. The molecule has 1 aliphatic heterocycles. The lowest BCUT2D eigenvalue weighted by Crippen LogP contribution is -2.26. The van der Waals surface area contributed by atoms with E-state index in [0.29, 0.717) is 49.2 Å². The Morgan fingerprint density at radius 2 is 2.11 bits per heavy atom. The Balaban J connectivity index is 1.41. The SMILES string of the molecule is CC(=O)Nc1ccc(O)cc1OCCCN1C[C@H](Oc2ccc(Cl)cc2)CO1. The van der Waals surface area contributed by atoms with Gasteiger partial charge in [-0.3, -0.25) is 9.63 Å². The fourth-order valence-corrected chi connectivity index (χ4v) is 2.93. The zero-order valence-corrected chi connectivity index (χ0v) is 16.3. The van der Waals surface area contributed by atoms with E-state index in [1.54, 1.807) is 18.2 Å². The molecule has 3 rings (SSSR count). The molecular weight excluding hydrogens is 384 g/mol. The molecule has 1 fully saturated rings. The van der Waals surface area contributed by atoms with Gasteiger partial charge < -0.3 is 19.9 Å². The largest absolute Gasteiger partial charge is 0.508 e. The fraction of sp³-hybridized carbons (Fsp3) is 0.350. The summed E-state index contributed by atoms with van der Waals surface area (Å²) in [5, 5.41) is 14.8. The number of rotatable bonds is 8. The van der Waals surface area contributed by atoms with E-state index >= 15 is 0 Å². The first-order valence-corrected chi connectivity index (χ1v) is 9.41. The van der Waals surface area contributed by atoms with Crippen LogP contribution in [-0.2, 0) is 9.63 Å². The molecule has 150 valence electrons. The van der Waals surface area contributed by atoms with Crippen LogP contribution in [-0.4, -0.2) is 48.5 Å². The van der Waals surface area contributed by atoms with Crippen LogP contribution < -0.4 is 14.8 Å².